The molecule has 0 radical (unpaired) electrons. The predicted octanol–water partition coefficient (Wildman–Crippen LogP) is 2.26. The molecule has 10 heavy (non-hydrogen) atoms. The fourth-order valence-corrected chi connectivity index (χ4v) is 1.57. The summed E-state index contributed by atoms with van der Waals surface area (Å²) in [6.07, 6.45) is 9.30. The van der Waals surface area contributed by atoms with Crippen LogP contribution in [0, 0.1) is 5.92 Å². The van der Waals surface area contributed by atoms with Crippen LogP contribution in [-0.2, 0) is 4.74 Å². The Labute approximate surface area is 61.4 Å². The molecule has 0 aromatic rings. The van der Waals surface area contributed by atoms with Crippen LogP contribution >= 0.6 is 0 Å². The second-order valence-corrected chi connectivity index (χ2v) is 3.07. The smallest absolute Gasteiger partial charge is 0.103 e. The van der Waals surface area contributed by atoms with E-state index in [1.165, 1.54) is 18.6 Å². The molecule has 1 fully saturated rings. The summed E-state index contributed by atoms with van der Waals surface area (Å²) in [5.41, 5.74) is 0. The van der Waals surface area contributed by atoms with E-state index in [-0.39, 0.29) is 0 Å². The second-order valence-electron chi connectivity index (χ2n) is 3.07. The van der Waals surface area contributed by atoms with Crippen LogP contribution in [0.3, 0.4) is 0 Å². The van der Waals surface area contributed by atoms with Gasteiger partial charge in [-0.15, -0.1) is 0 Å². The molecule has 1 saturated heterocycles. The van der Waals surface area contributed by atoms with Crippen LogP contribution in [0.4, 0.5) is 0 Å². The minimum atomic E-state index is 0.433. The average Bonchev–Trinajstić information content (AvgIpc) is 2.33. The molecule has 1 nitrogen and oxygen atoms in total. The van der Waals surface area contributed by atoms with Crippen molar-refractivity contribution in [1.29, 1.82) is 0 Å². The van der Waals surface area contributed by atoms with E-state index >= 15 is 0 Å². The summed E-state index contributed by atoms with van der Waals surface area (Å²) in [4.78, 5) is 0. The van der Waals surface area contributed by atoms with E-state index in [4.69, 9.17) is 4.74 Å². The molecule has 0 saturated carbocycles. The number of hydrogen-bond acceptors (Lipinski definition) is 1. The Kier molecular flexibility index (Phi) is 1.30. The van der Waals surface area contributed by atoms with Gasteiger partial charge in [-0.05, 0) is 25.8 Å². The van der Waals surface area contributed by atoms with Gasteiger partial charge in [-0.1, -0.05) is 12.2 Å². The van der Waals surface area contributed by atoms with Gasteiger partial charge in [-0.25, -0.2) is 0 Å². The Morgan fingerprint density at radius 3 is 3.30 bits per heavy atom. The molecule has 1 aliphatic carbocycles. The summed E-state index contributed by atoms with van der Waals surface area (Å²) in [6, 6.07) is 0. The average molecular weight is 136 g/mol. The van der Waals surface area contributed by atoms with Gasteiger partial charge in [0.2, 0.25) is 0 Å². The number of hydrogen-bond donors (Lipinski definition) is 0. The molecular weight excluding hydrogens is 124 g/mol. The minimum absolute atomic E-state index is 0.433. The van der Waals surface area contributed by atoms with Crippen LogP contribution < -0.4 is 0 Å². The molecule has 2 unspecified atom stereocenters. The van der Waals surface area contributed by atoms with Gasteiger partial charge in [0.1, 0.15) is 5.76 Å². The maximum atomic E-state index is 5.61. The summed E-state index contributed by atoms with van der Waals surface area (Å²) >= 11 is 0. The normalized spacial score (nSPS) is 36.7. The van der Waals surface area contributed by atoms with Crippen molar-refractivity contribution in [2.75, 3.05) is 0 Å². The zero-order chi connectivity index (χ0) is 6.97. The Hall–Kier alpha value is -0.720. The Morgan fingerprint density at radius 1 is 1.50 bits per heavy atom. The first-order valence-corrected chi connectivity index (χ1v) is 3.91. The molecule has 0 N–H and O–H groups in total. The monoisotopic (exact) mass is 136 g/mol. The number of fused-ring (bicyclic) bond motifs is 1. The van der Waals surface area contributed by atoms with Crippen LogP contribution in [0.25, 0.3) is 0 Å². The van der Waals surface area contributed by atoms with Crippen molar-refractivity contribution in [2.24, 2.45) is 5.92 Å². The van der Waals surface area contributed by atoms with Crippen LogP contribution in [0.2, 0.25) is 0 Å². The Morgan fingerprint density at radius 2 is 2.40 bits per heavy atom. The number of ether oxygens (including phenoxy) is 1. The zero-order valence-corrected chi connectivity index (χ0v) is 6.21. The van der Waals surface area contributed by atoms with E-state index in [0.717, 1.165) is 0 Å². The molecule has 1 heteroatoms. The fraction of sp³-hybridized carbons (Fsp3) is 0.556. The van der Waals surface area contributed by atoms with E-state index in [0.29, 0.717) is 12.0 Å². The predicted molar refractivity (Wildman–Crippen MR) is 40.5 cm³/mol. The third kappa shape index (κ3) is 0.859. The first-order chi connectivity index (χ1) is 4.86. The standard InChI is InChI=1S/C9H12O/c1-7-5-6-8-3-2-4-9(8)10-7/h2-4,7-8H,5-6H2,1H3. The van der Waals surface area contributed by atoms with Gasteiger partial charge in [0.25, 0.3) is 0 Å². The maximum Gasteiger partial charge on any atom is 0.103 e. The Balaban J connectivity index is 2.12. The van der Waals surface area contributed by atoms with Crippen LogP contribution in [0.1, 0.15) is 19.8 Å². The van der Waals surface area contributed by atoms with E-state index < -0.39 is 0 Å². The molecule has 1 aliphatic heterocycles. The van der Waals surface area contributed by atoms with Crippen molar-refractivity contribution in [3.05, 3.63) is 24.0 Å². The van der Waals surface area contributed by atoms with Crippen molar-refractivity contribution in [3.63, 3.8) is 0 Å². The molecule has 1 heterocycles. The molecule has 2 atom stereocenters. The van der Waals surface area contributed by atoms with Gasteiger partial charge in [-0.3, -0.25) is 0 Å². The van der Waals surface area contributed by atoms with Gasteiger partial charge in [-0.2, -0.15) is 0 Å². The highest BCUT2D eigenvalue weighted by Crippen LogP contribution is 2.31. The van der Waals surface area contributed by atoms with E-state index in [1.807, 2.05) is 0 Å². The first-order valence-electron chi connectivity index (χ1n) is 3.91. The van der Waals surface area contributed by atoms with Crippen molar-refractivity contribution in [1.82, 2.24) is 0 Å². The molecule has 54 valence electrons. The van der Waals surface area contributed by atoms with Gasteiger partial charge >= 0.3 is 0 Å². The van der Waals surface area contributed by atoms with E-state index in [2.05, 4.69) is 25.2 Å². The Bertz CT molecular complexity index is 191. The maximum absolute atomic E-state index is 5.61. The summed E-state index contributed by atoms with van der Waals surface area (Å²) in [5.74, 6) is 1.79. The van der Waals surface area contributed by atoms with Gasteiger partial charge in [0, 0.05) is 5.92 Å². The summed E-state index contributed by atoms with van der Waals surface area (Å²) in [6.45, 7) is 2.13. The van der Waals surface area contributed by atoms with Crippen LogP contribution in [0.5, 0.6) is 0 Å². The molecule has 0 bridgehead atoms. The van der Waals surface area contributed by atoms with Gasteiger partial charge < -0.3 is 4.74 Å². The van der Waals surface area contributed by atoms with Crippen molar-refractivity contribution in [3.8, 4) is 0 Å². The summed E-state index contributed by atoms with van der Waals surface area (Å²) in [7, 11) is 0. The molecule has 0 aromatic carbocycles. The molecule has 0 aromatic heterocycles. The number of rotatable bonds is 0. The third-order valence-electron chi connectivity index (χ3n) is 2.19. The van der Waals surface area contributed by atoms with Crippen LogP contribution in [0.15, 0.2) is 24.0 Å². The summed E-state index contributed by atoms with van der Waals surface area (Å²) in [5, 5.41) is 0. The second kappa shape index (κ2) is 2.15. The lowest BCUT2D eigenvalue weighted by Crippen LogP contribution is -2.18. The lowest BCUT2D eigenvalue weighted by atomic mass is 9.98. The van der Waals surface area contributed by atoms with Crippen molar-refractivity contribution in [2.45, 2.75) is 25.9 Å². The van der Waals surface area contributed by atoms with Gasteiger partial charge in [0.05, 0.1) is 6.10 Å². The number of allylic oxidation sites excluding steroid dienone is 3. The lowest BCUT2D eigenvalue weighted by molar-refractivity contribution is 0.0719. The minimum Gasteiger partial charge on any atom is -0.494 e. The molecule has 0 spiro atoms. The molecule has 2 rings (SSSR count). The van der Waals surface area contributed by atoms with Gasteiger partial charge in [0.15, 0.2) is 0 Å². The highest BCUT2D eigenvalue weighted by Gasteiger charge is 2.23. The summed E-state index contributed by atoms with van der Waals surface area (Å²) < 4.78 is 5.61. The highest BCUT2D eigenvalue weighted by atomic mass is 16.5. The molecular formula is C9H12O. The van der Waals surface area contributed by atoms with Crippen molar-refractivity contribution >= 4 is 0 Å². The third-order valence-corrected chi connectivity index (χ3v) is 2.19. The van der Waals surface area contributed by atoms with Crippen LogP contribution in [-0.4, -0.2) is 6.10 Å². The largest absolute Gasteiger partial charge is 0.494 e. The highest BCUT2D eigenvalue weighted by molar-refractivity contribution is 5.24. The fourth-order valence-electron chi connectivity index (χ4n) is 1.57. The quantitative estimate of drug-likeness (QED) is 0.496. The molecule has 0 amide bonds. The topological polar surface area (TPSA) is 9.23 Å². The first kappa shape index (κ1) is 6.02. The lowest BCUT2D eigenvalue weighted by Gasteiger charge is -2.26. The van der Waals surface area contributed by atoms with E-state index in [9.17, 15) is 0 Å². The molecule has 2 aliphatic rings. The van der Waals surface area contributed by atoms with Crippen molar-refractivity contribution < 1.29 is 4.74 Å². The zero-order valence-electron chi connectivity index (χ0n) is 6.21. The SMILES string of the molecule is CC1CCC2C=CC=C2O1. The van der Waals surface area contributed by atoms with E-state index in [1.54, 1.807) is 0 Å².